The second-order valence-electron chi connectivity index (χ2n) is 5.73. The van der Waals surface area contributed by atoms with Gasteiger partial charge in [-0.25, -0.2) is 4.39 Å². The van der Waals surface area contributed by atoms with Crippen molar-refractivity contribution < 1.29 is 4.39 Å². The number of benzene rings is 1. The third kappa shape index (κ3) is 4.06. The summed E-state index contributed by atoms with van der Waals surface area (Å²) in [4.78, 5) is 0. The molecule has 0 radical (unpaired) electrons. The van der Waals surface area contributed by atoms with E-state index in [9.17, 15) is 4.39 Å². The van der Waals surface area contributed by atoms with Crippen molar-refractivity contribution in [2.75, 3.05) is 6.67 Å². The number of allylic oxidation sites excluding steroid dienone is 2. The Morgan fingerprint density at radius 1 is 1.15 bits per heavy atom. The maximum atomic E-state index is 13.2. The maximum absolute atomic E-state index is 13.2. The zero-order valence-corrected chi connectivity index (χ0v) is 14.5. The molecule has 1 aliphatic rings. The maximum Gasteiger partial charge on any atom is 0.120 e. The molecule has 0 N–H and O–H groups in total. The molecule has 0 aromatic heterocycles. The highest BCUT2D eigenvalue weighted by molar-refractivity contribution is 14.1. The van der Waals surface area contributed by atoms with Crippen LogP contribution in [0.5, 0.6) is 0 Å². The molecular formula is C18H24FI. The summed E-state index contributed by atoms with van der Waals surface area (Å²) >= 11 is 2.20. The summed E-state index contributed by atoms with van der Waals surface area (Å²) in [6.45, 7) is 1.87. The molecule has 0 saturated heterocycles. The van der Waals surface area contributed by atoms with Crippen molar-refractivity contribution in [1.82, 2.24) is 0 Å². The highest BCUT2D eigenvalue weighted by Crippen LogP contribution is 2.39. The van der Waals surface area contributed by atoms with Crippen LogP contribution in [0.15, 0.2) is 27.8 Å². The summed E-state index contributed by atoms with van der Waals surface area (Å²) < 4.78 is 14.1. The molecule has 1 aromatic rings. The van der Waals surface area contributed by atoms with Crippen LogP contribution >= 0.6 is 22.6 Å². The molecule has 0 unspecified atom stereocenters. The van der Waals surface area contributed by atoms with E-state index in [1.54, 1.807) is 0 Å². The first-order chi connectivity index (χ1) is 9.76. The lowest BCUT2D eigenvalue weighted by molar-refractivity contribution is 0.427. The summed E-state index contributed by atoms with van der Waals surface area (Å²) in [5.41, 5.74) is 3.89. The Morgan fingerprint density at radius 2 is 1.80 bits per heavy atom. The molecule has 1 fully saturated rings. The third-order valence-corrected chi connectivity index (χ3v) is 5.10. The van der Waals surface area contributed by atoms with E-state index in [0.29, 0.717) is 5.92 Å². The van der Waals surface area contributed by atoms with Gasteiger partial charge in [0.05, 0.1) is 0 Å². The monoisotopic (exact) mass is 386 g/mol. The molecule has 1 saturated carbocycles. The Hall–Kier alpha value is -0.380. The number of halogens is 2. The number of aryl methyl sites for hydroxylation is 1. The smallest absolute Gasteiger partial charge is 0.120 e. The Bertz CT molecular complexity index is 441. The predicted molar refractivity (Wildman–Crippen MR) is 93.9 cm³/mol. The van der Waals surface area contributed by atoms with E-state index in [0.717, 1.165) is 10.0 Å². The topological polar surface area (TPSA) is 0 Å². The summed E-state index contributed by atoms with van der Waals surface area (Å²) in [6.07, 6.45) is 8.66. The van der Waals surface area contributed by atoms with Gasteiger partial charge in [0.1, 0.15) is 6.67 Å². The van der Waals surface area contributed by atoms with Gasteiger partial charge >= 0.3 is 0 Å². The molecule has 0 atom stereocenters. The molecule has 2 rings (SSSR count). The van der Waals surface area contributed by atoms with Crippen molar-refractivity contribution >= 4 is 28.2 Å². The van der Waals surface area contributed by atoms with E-state index < -0.39 is 0 Å². The Morgan fingerprint density at radius 3 is 2.35 bits per heavy atom. The normalized spacial score (nSPS) is 17.9. The van der Waals surface area contributed by atoms with Crippen LogP contribution in [-0.4, -0.2) is 6.67 Å². The van der Waals surface area contributed by atoms with Crippen LogP contribution in [0.2, 0.25) is 0 Å². The molecule has 110 valence electrons. The zero-order chi connectivity index (χ0) is 14.4. The molecule has 0 nitrogen and oxygen atoms in total. The second kappa shape index (κ2) is 8.16. The molecule has 0 bridgehead atoms. The van der Waals surface area contributed by atoms with Gasteiger partial charge in [-0.05, 0) is 64.5 Å². The third-order valence-electron chi connectivity index (χ3n) is 4.23. The molecule has 0 amide bonds. The molecule has 1 aliphatic carbocycles. The van der Waals surface area contributed by atoms with Gasteiger partial charge in [0.2, 0.25) is 0 Å². The van der Waals surface area contributed by atoms with E-state index in [1.807, 2.05) is 0 Å². The van der Waals surface area contributed by atoms with Crippen LogP contribution in [0.4, 0.5) is 4.39 Å². The molecule has 0 heterocycles. The van der Waals surface area contributed by atoms with Gasteiger partial charge in [0.25, 0.3) is 0 Å². The van der Waals surface area contributed by atoms with Gasteiger partial charge in [-0.1, -0.05) is 56.9 Å². The Balaban J connectivity index is 2.26. The largest absolute Gasteiger partial charge is 0.245 e. The number of alkyl halides is 1. The fourth-order valence-corrected chi connectivity index (χ4v) is 3.97. The second-order valence-corrected chi connectivity index (χ2v) is 7.04. The van der Waals surface area contributed by atoms with E-state index >= 15 is 0 Å². The van der Waals surface area contributed by atoms with E-state index in [-0.39, 0.29) is 6.67 Å². The van der Waals surface area contributed by atoms with Crippen molar-refractivity contribution in [2.24, 2.45) is 5.92 Å². The van der Waals surface area contributed by atoms with Crippen molar-refractivity contribution in [1.29, 1.82) is 0 Å². The standard InChI is InChI=1S/C18H24FI/c1-2-6-14-9-11-16(12-10-14)18(17(20)13-19)15-7-4-3-5-8-15/h9-12,15H,2-8,13H2,1H3/b18-17-. The van der Waals surface area contributed by atoms with Gasteiger partial charge in [-0.15, -0.1) is 0 Å². The number of rotatable bonds is 5. The fraction of sp³-hybridized carbons (Fsp3) is 0.556. The van der Waals surface area contributed by atoms with Crippen molar-refractivity contribution in [3.63, 3.8) is 0 Å². The Labute approximate surface area is 136 Å². The fourth-order valence-electron chi connectivity index (χ4n) is 3.22. The lowest BCUT2D eigenvalue weighted by Crippen LogP contribution is -2.10. The van der Waals surface area contributed by atoms with Gasteiger partial charge in [0.15, 0.2) is 0 Å². The molecule has 1 aromatic carbocycles. The summed E-state index contributed by atoms with van der Waals surface area (Å²) in [7, 11) is 0. The highest BCUT2D eigenvalue weighted by Gasteiger charge is 2.21. The van der Waals surface area contributed by atoms with Gasteiger partial charge in [0, 0.05) is 3.58 Å². The first-order valence-electron chi connectivity index (χ1n) is 7.80. The van der Waals surface area contributed by atoms with Crippen molar-refractivity contribution in [3.8, 4) is 0 Å². The lowest BCUT2D eigenvalue weighted by atomic mass is 9.80. The molecular weight excluding hydrogens is 362 g/mol. The molecule has 2 heteroatoms. The SMILES string of the molecule is CCCc1ccc(/C(=C(\I)CF)C2CCCCC2)cc1. The van der Waals surface area contributed by atoms with Crippen molar-refractivity contribution in [2.45, 2.75) is 51.9 Å². The summed E-state index contributed by atoms with van der Waals surface area (Å²) in [6, 6.07) is 8.82. The zero-order valence-electron chi connectivity index (χ0n) is 12.3. The average Bonchev–Trinajstić information content (AvgIpc) is 2.50. The van der Waals surface area contributed by atoms with Crippen LogP contribution in [0, 0.1) is 5.92 Å². The van der Waals surface area contributed by atoms with Gasteiger partial charge < -0.3 is 0 Å². The highest BCUT2D eigenvalue weighted by atomic mass is 127. The number of hydrogen-bond acceptors (Lipinski definition) is 0. The average molecular weight is 386 g/mol. The van der Waals surface area contributed by atoms with E-state index in [1.165, 1.54) is 55.2 Å². The van der Waals surface area contributed by atoms with E-state index in [4.69, 9.17) is 0 Å². The van der Waals surface area contributed by atoms with E-state index in [2.05, 4.69) is 53.8 Å². The minimum atomic E-state index is -0.330. The minimum Gasteiger partial charge on any atom is -0.245 e. The molecule has 0 aliphatic heterocycles. The predicted octanol–water partition coefficient (Wildman–Crippen LogP) is 6.34. The summed E-state index contributed by atoms with van der Waals surface area (Å²) in [5, 5.41) is 0. The summed E-state index contributed by atoms with van der Waals surface area (Å²) in [5.74, 6) is 0.559. The van der Waals surface area contributed by atoms with Crippen LogP contribution < -0.4 is 0 Å². The quantitative estimate of drug-likeness (QED) is 0.519. The number of hydrogen-bond donors (Lipinski definition) is 0. The minimum absolute atomic E-state index is 0.330. The van der Waals surface area contributed by atoms with Gasteiger partial charge in [-0.3, -0.25) is 0 Å². The van der Waals surface area contributed by atoms with Crippen LogP contribution in [0.1, 0.15) is 56.6 Å². The van der Waals surface area contributed by atoms with Crippen molar-refractivity contribution in [3.05, 3.63) is 39.0 Å². The first-order valence-corrected chi connectivity index (χ1v) is 8.88. The van der Waals surface area contributed by atoms with Crippen LogP contribution in [0.25, 0.3) is 5.57 Å². The van der Waals surface area contributed by atoms with Gasteiger partial charge in [-0.2, -0.15) is 0 Å². The molecule has 0 spiro atoms. The first kappa shape index (κ1) is 16.0. The van der Waals surface area contributed by atoms with Crippen LogP contribution in [-0.2, 0) is 6.42 Å². The van der Waals surface area contributed by atoms with Crippen LogP contribution in [0.3, 0.4) is 0 Å². The Kier molecular flexibility index (Phi) is 6.53. The lowest BCUT2D eigenvalue weighted by Gasteiger charge is -2.26. The molecule has 20 heavy (non-hydrogen) atoms.